The van der Waals surface area contributed by atoms with Gasteiger partial charge in [0.05, 0.1) is 6.61 Å². The Morgan fingerprint density at radius 2 is 1.76 bits per heavy atom. The standard InChI is InChI=1S/C25H26N2O6/c28-22(29)21-10-5-12-27(21)23(30)25(11-13-32-15-25)26-24(31)33-14-20-18-8-3-1-6-16(18)17-7-2-4-9-19(17)20/h1-4,6-9,20-21H,5,10-15H2,(H,26,31)(H,28,29)/t21-,25?/m0/s1. The predicted octanol–water partition coefficient (Wildman–Crippen LogP) is 2.76. The molecule has 8 heteroatoms. The second-order valence-corrected chi connectivity index (χ2v) is 8.83. The first-order chi connectivity index (χ1) is 16.0. The number of hydrogen-bond donors (Lipinski definition) is 2. The highest BCUT2D eigenvalue weighted by molar-refractivity contribution is 5.93. The van der Waals surface area contributed by atoms with Crippen LogP contribution in [-0.4, -0.2) is 65.9 Å². The van der Waals surface area contributed by atoms with Gasteiger partial charge in [0.15, 0.2) is 0 Å². The molecular weight excluding hydrogens is 424 g/mol. The summed E-state index contributed by atoms with van der Waals surface area (Å²) in [5.41, 5.74) is 3.16. The normalized spacial score (nSPS) is 23.8. The van der Waals surface area contributed by atoms with E-state index in [4.69, 9.17) is 9.47 Å². The zero-order chi connectivity index (χ0) is 23.0. The number of amides is 2. The molecule has 3 aliphatic rings. The lowest BCUT2D eigenvalue weighted by Crippen LogP contribution is -2.62. The smallest absolute Gasteiger partial charge is 0.408 e. The lowest BCUT2D eigenvalue weighted by Gasteiger charge is -2.33. The van der Waals surface area contributed by atoms with E-state index >= 15 is 0 Å². The number of rotatable bonds is 5. The minimum atomic E-state index is -1.30. The number of carbonyl (C=O) groups is 3. The van der Waals surface area contributed by atoms with Gasteiger partial charge in [-0.15, -0.1) is 0 Å². The van der Waals surface area contributed by atoms with Crippen molar-refractivity contribution in [2.45, 2.75) is 36.8 Å². The fourth-order valence-corrected chi connectivity index (χ4v) is 5.26. The molecule has 2 aliphatic heterocycles. The van der Waals surface area contributed by atoms with E-state index in [0.717, 1.165) is 22.3 Å². The highest BCUT2D eigenvalue weighted by Crippen LogP contribution is 2.44. The van der Waals surface area contributed by atoms with Crippen molar-refractivity contribution < 1.29 is 29.0 Å². The first-order valence-corrected chi connectivity index (χ1v) is 11.2. The van der Waals surface area contributed by atoms with Crippen LogP contribution in [0.2, 0.25) is 0 Å². The summed E-state index contributed by atoms with van der Waals surface area (Å²) < 4.78 is 11.1. The lowest BCUT2D eigenvalue weighted by molar-refractivity contribution is -0.151. The van der Waals surface area contributed by atoms with E-state index in [1.54, 1.807) is 0 Å². The van der Waals surface area contributed by atoms with Crippen LogP contribution in [0.15, 0.2) is 48.5 Å². The number of carboxylic acids is 1. The summed E-state index contributed by atoms with van der Waals surface area (Å²) in [5, 5.41) is 12.2. The van der Waals surface area contributed by atoms with Gasteiger partial charge in [0, 0.05) is 25.5 Å². The van der Waals surface area contributed by atoms with Crippen molar-refractivity contribution in [2.24, 2.45) is 0 Å². The van der Waals surface area contributed by atoms with Gasteiger partial charge < -0.3 is 24.8 Å². The second-order valence-electron chi connectivity index (χ2n) is 8.83. The molecule has 2 aromatic carbocycles. The molecule has 2 aromatic rings. The minimum absolute atomic E-state index is 0.00112. The molecule has 2 heterocycles. The number of benzene rings is 2. The summed E-state index contributed by atoms with van der Waals surface area (Å²) in [7, 11) is 0. The number of carboxylic acid groups (broad SMARTS) is 1. The number of fused-ring (bicyclic) bond motifs is 3. The number of aliphatic carboxylic acids is 1. The molecular formula is C25H26N2O6. The molecule has 1 unspecified atom stereocenters. The lowest BCUT2D eigenvalue weighted by atomic mass is 9.96. The highest BCUT2D eigenvalue weighted by atomic mass is 16.6. The van der Waals surface area contributed by atoms with Crippen LogP contribution in [0.5, 0.6) is 0 Å². The quantitative estimate of drug-likeness (QED) is 0.726. The second kappa shape index (κ2) is 8.51. The summed E-state index contributed by atoms with van der Waals surface area (Å²) in [4.78, 5) is 39.1. The molecule has 0 saturated carbocycles. The maximum atomic E-state index is 13.3. The fraction of sp³-hybridized carbons (Fsp3) is 0.400. The molecule has 172 valence electrons. The van der Waals surface area contributed by atoms with Gasteiger partial charge in [0.1, 0.15) is 18.2 Å². The van der Waals surface area contributed by atoms with E-state index in [1.807, 2.05) is 36.4 Å². The largest absolute Gasteiger partial charge is 0.480 e. The van der Waals surface area contributed by atoms with Crippen molar-refractivity contribution in [2.75, 3.05) is 26.4 Å². The number of nitrogens with zero attached hydrogens (tertiary/aromatic N) is 1. The average molecular weight is 450 g/mol. The summed E-state index contributed by atoms with van der Waals surface area (Å²) in [6, 6.07) is 15.2. The van der Waals surface area contributed by atoms with Crippen LogP contribution in [0.4, 0.5) is 4.79 Å². The van der Waals surface area contributed by atoms with E-state index in [-0.39, 0.29) is 25.6 Å². The minimum Gasteiger partial charge on any atom is -0.480 e. The van der Waals surface area contributed by atoms with Crippen molar-refractivity contribution in [3.05, 3.63) is 59.7 Å². The maximum Gasteiger partial charge on any atom is 0.408 e. The molecule has 2 N–H and O–H groups in total. The van der Waals surface area contributed by atoms with E-state index in [0.29, 0.717) is 26.0 Å². The first-order valence-electron chi connectivity index (χ1n) is 11.2. The van der Waals surface area contributed by atoms with Crippen LogP contribution in [0.25, 0.3) is 11.1 Å². The summed E-state index contributed by atoms with van der Waals surface area (Å²) in [6.07, 6.45) is 0.591. The maximum absolute atomic E-state index is 13.3. The van der Waals surface area contributed by atoms with Gasteiger partial charge in [0.2, 0.25) is 0 Å². The van der Waals surface area contributed by atoms with Gasteiger partial charge in [-0.05, 0) is 35.1 Å². The Morgan fingerprint density at radius 1 is 1.09 bits per heavy atom. The molecule has 1 aliphatic carbocycles. The Bertz CT molecular complexity index is 1050. The summed E-state index contributed by atoms with van der Waals surface area (Å²) in [6.45, 7) is 0.788. The number of hydrogen-bond acceptors (Lipinski definition) is 5. The molecule has 0 bridgehead atoms. The molecule has 8 nitrogen and oxygen atoms in total. The molecule has 0 radical (unpaired) electrons. The third-order valence-corrected chi connectivity index (χ3v) is 6.91. The van der Waals surface area contributed by atoms with Crippen LogP contribution >= 0.6 is 0 Å². The van der Waals surface area contributed by atoms with E-state index in [2.05, 4.69) is 17.4 Å². The molecule has 0 aromatic heterocycles. The zero-order valence-electron chi connectivity index (χ0n) is 18.2. The van der Waals surface area contributed by atoms with E-state index < -0.39 is 29.6 Å². The van der Waals surface area contributed by atoms with Gasteiger partial charge in [-0.1, -0.05) is 48.5 Å². The Balaban J connectivity index is 1.30. The van der Waals surface area contributed by atoms with Crippen LogP contribution in [0.3, 0.4) is 0 Å². The zero-order valence-corrected chi connectivity index (χ0v) is 18.2. The molecule has 2 saturated heterocycles. The van der Waals surface area contributed by atoms with Gasteiger partial charge in [-0.2, -0.15) is 0 Å². The van der Waals surface area contributed by atoms with Gasteiger partial charge in [-0.25, -0.2) is 9.59 Å². The van der Waals surface area contributed by atoms with Crippen LogP contribution < -0.4 is 5.32 Å². The number of ether oxygens (including phenoxy) is 2. The predicted molar refractivity (Wildman–Crippen MR) is 119 cm³/mol. The summed E-state index contributed by atoms with van der Waals surface area (Å²) in [5.74, 6) is -1.54. The fourth-order valence-electron chi connectivity index (χ4n) is 5.26. The van der Waals surface area contributed by atoms with Crippen molar-refractivity contribution >= 4 is 18.0 Å². The highest BCUT2D eigenvalue weighted by Gasteiger charge is 2.50. The SMILES string of the molecule is O=C(NC1(C(=O)N2CCC[C@H]2C(=O)O)CCOC1)OCC1c2ccccc2-c2ccccc21. The van der Waals surface area contributed by atoms with Gasteiger partial charge in [-0.3, -0.25) is 4.79 Å². The van der Waals surface area contributed by atoms with E-state index in [1.165, 1.54) is 4.90 Å². The third kappa shape index (κ3) is 3.74. The molecule has 5 rings (SSSR count). The molecule has 2 atom stereocenters. The molecule has 0 spiro atoms. The summed E-state index contributed by atoms with van der Waals surface area (Å²) >= 11 is 0. The molecule has 33 heavy (non-hydrogen) atoms. The van der Waals surface area contributed by atoms with Crippen LogP contribution in [0, 0.1) is 0 Å². The van der Waals surface area contributed by atoms with E-state index in [9.17, 15) is 19.5 Å². The van der Waals surface area contributed by atoms with Crippen molar-refractivity contribution in [1.82, 2.24) is 10.2 Å². The third-order valence-electron chi connectivity index (χ3n) is 6.91. The van der Waals surface area contributed by atoms with Crippen molar-refractivity contribution in [3.8, 4) is 11.1 Å². The Labute approximate surface area is 191 Å². The molecule has 2 amide bonds. The number of alkyl carbamates (subject to hydrolysis) is 1. The van der Waals surface area contributed by atoms with Gasteiger partial charge >= 0.3 is 12.1 Å². The Morgan fingerprint density at radius 3 is 2.36 bits per heavy atom. The number of carbonyl (C=O) groups excluding carboxylic acids is 2. The molecule has 2 fully saturated rings. The van der Waals surface area contributed by atoms with Crippen LogP contribution in [0.1, 0.15) is 36.3 Å². The first kappa shape index (κ1) is 21.5. The number of nitrogens with one attached hydrogen (secondary N) is 1. The number of likely N-dealkylation sites (tertiary alicyclic amines) is 1. The van der Waals surface area contributed by atoms with Crippen LogP contribution in [-0.2, 0) is 19.1 Å². The monoisotopic (exact) mass is 450 g/mol. The topological polar surface area (TPSA) is 105 Å². The van der Waals surface area contributed by atoms with Crippen molar-refractivity contribution in [1.29, 1.82) is 0 Å². The van der Waals surface area contributed by atoms with Gasteiger partial charge in [0.25, 0.3) is 5.91 Å². The average Bonchev–Trinajstić information content (AvgIpc) is 3.55. The Kier molecular flexibility index (Phi) is 5.54. The Hall–Kier alpha value is -3.39. The van der Waals surface area contributed by atoms with Crippen molar-refractivity contribution in [3.63, 3.8) is 0 Å².